The first-order chi connectivity index (χ1) is 12.6. The van der Waals surface area contributed by atoms with Crippen LogP contribution in [-0.2, 0) is 17.5 Å². The number of carbonyl (C=O) groups excluding carboxylic acids is 1. The molecular weight excluding hydrogens is 383 g/mol. The van der Waals surface area contributed by atoms with Crippen molar-refractivity contribution in [3.8, 4) is 0 Å². The Kier molecular flexibility index (Phi) is 6.75. The molecule has 9 heteroatoms. The molecule has 0 amide bonds. The Morgan fingerprint density at radius 2 is 1.93 bits per heavy atom. The molecule has 0 radical (unpaired) electrons. The number of imidazole rings is 1. The number of anilines is 1. The molecule has 148 valence electrons. The predicted octanol–water partition coefficient (Wildman–Crippen LogP) is 4.85. The number of halogens is 4. The van der Waals surface area contributed by atoms with E-state index in [1.54, 1.807) is 0 Å². The fraction of sp³-hybridized carbons (Fsp3) is 0.444. The molecule has 5 nitrogen and oxygen atoms in total. The minimum atomic E-state index is -4.67. The Morgan fingerprint density at radius 3 is 2.44 bits per heavy atom. The number of hydrogen-bond donors (Lipinski definition) is 1. The van der Waals surface area contributed by atoms with Gasteiger partial charge in [-0.15, -0.1) is 0 Å². The molecule has 0 atom stereocenters. The fourth-order valence-electron chi connectivity index (χ4n) is 2.77. The fourth-order valence-corrected chi connectivity index (χ4v) is 3.11. The number of aromatic nitrogens is 2. The topological polar surface area (TPSA) is 56.1 Å². The highest BCUT2D eigenvalue weighted by Gasteiger charge is 2.42. The van der Waals surface area contributed by atoms with Crippen LogP contribution in [0.3, 0.4) is 0 Å². The monoisotopic (exact) mass is 403 g/mol. The van der Waals surface area contributed by atoms with Crippen LogP contribution in [0.25, 0.3) is 0 Å². The van der Waals surface area contributed by atoms with Gasteiger partial charge in [-0.3, -0.25) is 0 Å². The summed E-state index contributed by atoms with van der Waals surface area (Å²) in [5, 5.41) is 3.56. The van der Waals surface area contributed by atoms with Crippen molar-refractivity contribution in [2.24, 2.45) is 0 Å². The van der Waals surface area contributed by atoms with Gasteiger partial charge in [-0.2, -0.15) is 13.2 Å². The smallest absolute Gasteiger partial charge is 0.435 e. The average Bonchev–Trinajstić information content (AvgIpc) is 2.94. The van der Waals surface area contributed by atoms with Gasteiger partial charge in [-0.05, 0) is 50.5 Å². The molecule has 1 aliphatic rings. The summed E-state index contributed by atoms with van der Waals surface area (Å²) in [7, 11) is 0. The van der Waals surface area contributed by atoms with Crippen molar-refractivity contribution in [2.75, 3.05) is 18.5 Å². The van der Waals surface area contributed by atoms with Crippen molar-refractivity contribution < 1.29 is 22.7 Å². The molecule has 27 heavy (non-hydrogen) atoms. The lowest BCUT2D eigenvalue weighted by atomic mass is 10.2. The Morgan fingerprint density at radius 1 is 1.30 bits per heavy atom. The Labute approximate surface area is 160 Å². The lowest BCUT2D eigenvalue weighted by Gasteiger charge is -2.17. The van der Waals surface area contributed by atoms with Crippen LogP contribution in [0, 0.1) is 13.8 Å². The second kappa shape index (κ2) is 8.65. The van der Waals surface area contributed by atoms with Gasteiger partial charge < -0.3 is 14.6 Å². The normalized spacial score (nSPS) is 13.1. The molecule has 3 rings (SSSR count). The highest BCUT2D eigenvalue weighted by Crippen LogP contribution is 2.34. The number of benzene rings is 1. The third kappa shape index (κ3) is 5.38. The zero-order valence-electron chi connectivity index (χ0n) is 15.3. The highest BCUT2D eigenvalue weighted by molar-refractivity contribution is 6.30. The summed E-state index contributed by atoms with van der Waals surface area (Å²) in [5.41, 5.74) is 0.733. The van der Waals surface area contributed by atoms with Gasteiger partial charge in [0.05, 0.1) is 6.61 Å². The van der Waals surface area contributed by atoms with E-state index < -0.39 is 23.5 Å². The molecule has 0 bridgehead atoms. The molecule has 0 saturated carbocycles. The molecule has 0 fully saturated rings. The molecule has 1 N–H and O–H groups in total. The summed E-state index contributed by atoms with van der Waals surface area (Å²) >= 11 is 5.75. The van der Waals surface area contributed by atoms with Crippen molar-refractivity contribution in [2.45, 2.75) is 39.9 Å². The second-order valence-electron chi connectivity index (χ2n) is 6.09. The predicted molar refractivity (Wildman–Crippen MR) is 97.2 cm³/mol. The van der Waals surface area contributed by atoms with Crippen LogP contribution in [0.5, 0.6) is 0 Å². The molecule has 1 aromatic carbocycles. The maximum absolute atomic E-state index is 12.8. The van der Waals surface area contributed by atoms with Gasteiger partial charge in [-0.25, -0.2) is 9.78 Å². The SMILES string of the molecule is CCOC(=O)c1c(C(F)(F)F)nc2n1CCCN2.Cc1cc(C)cc(Cl)c1. The lowest BCUT2D eigenvalue weighted by molar-refractivity contribution is -0.141. The van der Waals surface area contributed by atoms with E-state index in [-0.39, 0.29) is 12.6 Å². The summed E-state index contributed by atoms with van der Waals surface area (Å²) in [4.78, 5) is 15.1. The Hall–Kier alpha value is -2.22. The average molecular weight is 404 g/mol. The van der Waals surface area contributed by atoms with Crippen LogP contribution in [-0.4, -0.2) is 28.7 Å². The van der Waals surface area contributed by atoms with Crippen LogP contribution in [0.15, 0.2) is 18.2 Å². The number of ether oxygens (including phenoxy) is 1. The van der Waals surface area contributed by atoms with E-state index in [0.717, 1.165) is 5.02 Å². The Bertz CT molecular complexity index is 768. The highest BCUT2D eigenvalue weighted by atomic mass is 35.5. The molecule has 0 unspecified atom stereocenters. The van der Waals surface area contributed by atoms with E-state index in [0.29, 0.717) is 19.5 Å². The summed E-state index contributed by atoms with van der Waals surface area (Å²) in [6.45, 7) is 6.49. The van der Waals surface area contributed by atoms with E-state index in [2.05, 4.69) is 21.1 Å². The molecule has 0 spiro atoms. The van der Waals surface area contributed by atoms with Crippen LogP contribution in [0.2, 0.25) is 5.02 Å². The molecule has 0 aliphatic carbocycles. The van der Waals surface area contributed by atoms with Gasteiger partial charge in [0, 0.05) is 18.1 Å². The standard InChI is InChI=1S/C10H12F3N3O2.C8H9Cl/c1-2-18-8(17)6-7(10(11,12)13)15-9-14-4-3-5-16(6)9;1-6-3-7(2)5-8(9)4-6/h2-5H2,1H3,(H,14,15);3-5H,1-2H3. The number of nitrogens with zero attached hydrogens (tertiary/aromatic N) is 2. The van der Waals surface area contributed by atoms with E-state index in [4.69, 9.17) is 11.6 Å². The first kappa shape index (κ1) is 21.1. The number of carbonyl (C=O) groups is 1. The van der Waals surface area contributed by atoms with Crippen LogP contribution >= 0.6 is 11.6 Å². The van der Waals surface area contributed by atoms with Gasteiger partial charge in [0.1, 0.15) is 0 Å². The zero-order valence-corrected chi connectivity index (χ0v) is 16.0. The third-order valence-corrected chi connectivity index (χ3v) is 3.95. The molecule has 0 saturated heterocycles. The van der Waals surface area contributed by atoms with Gasteiger partial charge in [0.25, 0.3) is 0 Å². The number of rotatable bonds is 2. The maximum atomic E-state index is 12.8. The molecular formula is C18H21ClF3N3O2. The van der Waals surface area contributed by atoms with Gasteiger partial charge in [-0.1, -0.05) is 17.7 Å². The van der Waals surface area contributed by atoms with Crippen LogP contribution in [0.1, 0.15) is 40.7 Å². The van der Waals surface area contributed by atoms with Crippen molar-refractivity contribution in [3.63, 3.8) is 0 Å². The third-order valence-electron chi connectivity index (χ3n) is 3.73. The lowest BCUT2D eigenvalue weighted by Crippen LogP contribution is -2.22. The van der Waals surface area contributed by atoms with Gasteiger partial charge in [0.2, 0.25) is 5.95 Å². The van der Waals surface area contributed by atoms with Crippen molar-refractivity contribution >= 4 is 23.5 Å². The first-order valence-electron chi connectivity index (χ1n) is 8.46. The molecule has 2 aromatic rings. The Balaban J connectivity index is 0.000000244. The first-order valence-corrected chi connectivity index (χ1v) is 8.83. The second-order valence-corrected chi connectivity index (χ2v) is 6.53. The van der Waals surface area contributed by atoms with E-state index >= 15 is 0 Å². The van der Waals surface area contributed by atoms with Crippen molar-refractivity contribution in [1.82, 2.24) is 9.55 Å². The maximum Gasteiger partial charge on any atom is 0.435 e. The number of hydrogen-bond acceptors (Lipinski definition) is 4. The minimum Gasteiger partial charge on any atom is -0.461 e. The number of esters is 1. The summed E-state index contributed by atoms with van der Waals surface area (Å²) in [6, 6.07) is 6.01. The number of aryl methyl sites for hydroxylation is 2. The van der Waals surface area contributed by atoms with Crippen LogP contribution in [0.4, 0.5) is 19.1 Å². The molecule has 1 aliphatic heterocycles. The van der Waals surface area contributed by atoms with Crippen molar-refractivity contribution in [3.05, 3.63) is 45.7 Å². The number of fused-ring (bicyclic) bond motifs is 1. The van der Waals surface area contributed by atoms with Crippen molar-refractivity contribution in [1.29, 1.82) is 0 Å². The largest absolute Gasteiger partial charge is 0.461 e. The molecule has 1 aromatic heterocycles. The van der Waals surface area contributed by atoms with E-state index in [9.17, 15) is 18.0 Å². The van der Waals surface area contributed by atoms with E-state index in [1.165, 1.54) is 22.6 Å². The van der Waals surface area contributed by atoms with Gasteiger partial charge in [0.15, 0.2) is 11.4 Å². The summed E-state index contributed by atoms with van der Waals surface area (Å²) in [6.07, 6.45) is -4.04. The summed E-state index contributed by atoms with van der Waals surface area (Å²) < 4.78 is 44.4. The van der Waals surface area contributed by atoms with Gasteiger partial charge >= 0.3 is 12.1 Å². The quantitative estimate of drug-likeness (QED) is 0.728. The number of alkyl halides is 3. The van der Waals surface area contributed by atoms with E-state index in [1.807, 2.05) is 26.0 Å². The number of nitrogens with one attached hydrogen (secondary N) is 1. The molecule has 2 heterocycles. The summed E-state index contributed by atoms with van der Waals surface area (Å²) in [5.74, 6) is -0.927. The zero-order chi connectivity index (χ0) is 20.2. The van der Waals surface area contributed by atoms with Crippen LogP contribution < -0.4 is 5.32 Å². The minimum absolute atomic E-state index is 0.0179.